The zero-order chi connectivity index (χ0) is 21.2. The molecule has 0 spiro atoms. The van der Waals surface area contributed by atoms with Crippen LogP contribution in [0, 0.1) is 45.9 Å². The largest absolute Gasteiger partial charge is 1.00 e. The molecular formula is C18H19NNa2O6S2. The Kier molecular flexibility index (Phi) is 12.8. The van der Waals surface area contributed by atoms with Crippen molar-refractivity contribution in [3.63, 3.8) is 0 Å². The Hall–Kier alpha value is -0.250. The van der Waals surface area contributed by atoms with Gasteiger partial charge in [0.1, 0.15) is 20.2 Å². The Balaban J connectivity index is 0. The first-order valence-corrected chi connectivity index (χ1v) is 10.5. The topological polar surface area (TPSA) is 138 Å². The van der Waals surface area contributed by atoms with E-state index < -0.39 is 20.2 Å². The van der Waals surface area contributed by atoms with Crippen LogP contribution in [0.1, 0.15) is 33.4 Å². The van der Waals surface area contributed by atoms with Crippen molar-refractivity contribution in [1.29, 1.82) is 5.26 Å². The second kappa shape index (κ2) is 12.0. The average Bonchev–Trinajstić information content (AvgIpc) is 2.53. The predicted octanol–water partition coefficient (Wildman–Crippen LogP) is -3.40. The molecule has 0 aliphatic carbocycles. The summed E-state index contributed by atoms with van der Waals surface area (Å²) < 4.78 is 64.6. The number of rotatable bonds is 2. The summed E-state index contributed by atoms with van der Waals surface area (Å²) in [5.41, 5.74) is 3.66. The summed E-state index contributed by atoms with van der Waals surface area (Å²) in [6, 6.07) is 7.44. The first-order valence-electron chi connectivity index (χ1n) is 7.70. The fourth-order valence-corrected chi connectivity index (χ4v) is 3.92. The summed E-state index contributed by atoms with van der Waals surface area (Å²) in [5, 5.41) is 8.66. The van der Waals surface area contributed by atoms with Gasteiger partial charge in [-0.2, -0.15) is 5.26 Å². The quantitative estimate of drug-likeness (QED) is 0.340. The molecule has 0 saturated heterocycles. The molecule has 7 nitrogen and oxygen atoms in total. The Bertz CT molecular complexity index is 1140. The smallest absolute Gasteiger partial charge is 0.744 e. The Morgan fingerprint density at radius 1 is 0.690 bits per heavy atom. The first kappa shape index (κ1) is 30.9. The zero-order valence-electron chi connectivity index (χ0n) is 17.5. The molecule has 0 atom stereocenters. The third-order valence-electron chi connectivity index (χ3n) is 4.40. The molecule has 0 radical (unpaired) electrons. The molecule has 0 fully saturated rings. The normalized spacial score (nSPS) is 10.6. The minimum atomic E-state index is -4.44. The first-order chi connectivity index (χ1) is 12.2. The molecule has 0 unspecified atom stereocenters. The van der Waals surface area contributed by atoms with Crippen molar-refractivity contribution in [1.82, 2.24) is 0 Å². The van der Waals surface area contributed by atoms with E-state index >= 15 is 0 Å². The van der Waals surface area contributed by atoms with Crippen molar-refractivity contribution < 1.29 is 85.1 Å². The van der Waals surface area contributed by atoms with E-state index in [0.29, 0.717) is 22.3 Å². The van der Waals surface area contributed by atoms with Crippen molar-refractivity contribution in [3.8, 4) is 6.07 Å². The minimum absolute atomic E-state index is 0. The third-order valence-corrected chi connectivity index (χ3v) is 6.37. The van der Waals surface area contributed by atoms with Crippen LogP contribution in [0.4, 0.5) is 0 Å². The number of nitrogens with zero attached hydrogens (tertiary/aromatic N) is 1. The van der Waals surface area contributed by atoms with Gasteiger partial charge in [0.05, 0.1) is 21.4 Å². The van der Waals surface area contributed by atoms with E-state index in [0.717, 1.165) is 11.1 Å². The fourth-order valence-electron chi connectivity index (χ4n) is 2.39. The molecule has 0 saturated carbocycles. The second-order valence-corrected chi connectivity index (χ2v) is 8.71. The van der Waals surface area contributed by atoms with E-state index in [2.05, 4.69) is 0 Å². The molecule has 0 N–H and O–H groups in total. The van der Waals surface area contributed by atoms with Crippen LogP contribution in [0.5, 0.6) is 0 Å². The van der Waals surface area contributed by atoms with E-state index in [9.17, 15) is 25.9 Å². The van der Waals surface area contributed by atoms with Crippen LogP contribution in [0.15, 0.2) is 34.1 Å². The summed E-state index contributed by atoms with van der Waals surface area (Å²) in [7, 11) is -8.76. The van der Waals surface area contributed by atoms with E-state index in [4.69, 9.17) is 5.26 Å². The van der Waals surface area contributed by atoms with Crippen LogP contribution in [-0.4, -0.2) is 25.9 Å². The van der Waals surface area contributed by atoms with Gasteiger partial charge in [-0.25, -0.2) is 16.8 Å². The molecule has 146 valence electrons. The van der Waals surface area contributed by atoms with Gasteiger partial charge in [-0.15, -0.1) is 0 Å². The molecule has 0 amide bonds. The number of hydrogen-bond donors (Lipinski definition) is 0. The minimum Gasteiger partial charge on any atom is -0.744 e. The standard InChI is InChI=1S/C9H9NO3S.C9H12O3S.2Na/c1-6-7(2)9(14(11,12)13)4-3-8(6)5-10;1-6-4-5-9(13(10,11)12)8(3)7(6)2;;/h3-4H,1-2H3,(H,11,12,13);4-5H,1-3H3,(H,10,11,12);;/q;;2*+1/p-2. The summed E-state index contributed by atoms with van der Waals surface area (Å²) in [6.07, 6.45) is 0. The van der Waals surface area contributed by atoms with Crippen molar-refractivity contribution in [3.05, 3.63) is 57.6 Å². The molecule has 2 rings (SSSR count). The summed E-state index contributed by atoms with van der Waals surface area (Å²) in [6.45, 7) is 8.46. The van der Waals surface area contributed by atoms with Crippen molar-refractivity contribution >= 4 is 20.2 Å². The predicted molar refractivity (Wildman–Crippen MR) is 97.2 cm³/mol. The van der Waals surface area contributed by atoms with Gasteiger partial charge in [0.25, 0.3) is 0 Å². The van der Waals surface area contributed by atoms with Crippen LogP contribution in [-0.2, 0) is 20.2 Å². The maximum atomic E-state index is 10.8. The molecule has 0 aliphatic rings. The second-order valence-electron chi connectivity index (χ2n) is 6.01. The zero-order valence-corrected chi connectivity index (χ0v) is 23.2. The monoisotopic (exact) mass is 455 g/mol. The van der Waals surface area contributed by atoms with Crippen LogP contribution in [0.3, 0.4) is 0 Å². The maximum Gasteiger partial charge on any atom is 1.00 e. The van der Waals surface area contributed by atoms with Crippen molar-refractivity contribution in [2.75, 3.05) is 0 Å². The third kappa shape index (κ3) is 8.07. The van der Waals surface area contributed by atoms with Gasteiger partial charge >= 0.3 is 59.1 Å². The molecule has 0 heterocycles. The van der Waals surface area contributed by atoms with Crippen LogP contribution >= 0.6 is 0 Å². The van der Waals surface area contributed by atoms with Crippen molar-refractivity contribution in [2.24, 2.45) is 0 Å². The number of hydrogen-bond acceptors (Lipinski definition) is 7. The molecule has 0 aliphatic heterocycles. The molecule has 29 heavy (non-hydrogen) atoms. The number of aryl methyl sites for hydroxylation is 1. The molecule has 0 aromatic heterocycles. The molecule has 2 aromatic rings. The fraction of sp³-hybridized carbons (Fsp3) is 0.278. The molecule has 2 aromatic carbocycles. The van der Waals surface area contributed by atoms with Gasteiger partial charge < -0.3 is 9.11 Å². The summed E-state index contributed by atoms with van der Waals surface area (Å²) in [5.74, 6) is 0. The van der Waals surface area contributed by atoms with Crippen molar-refractivity contribution in [2.45, 2.75) is 44.4 Å². The molecule has 0 bridgehead atoms. The van der Waals surface area contributed by atoms with Gasteiger partial charge in [-0.3, -0.25) is 0 Å². The van der Waals surface area contributed by atoms with Gasteiger partial charge in [0.2, 0.25) is 0 Å². The average molecular weight is 455 g/mol. The van der Waals surface area contributed by atoms with Crippen LogP contribution in [0.25, 0.3) is 0 Å². The number of benzene rings is 2. The van der Waals surface area contributed by atoms with Gasteiger partial charge in [-0.05, 0) is 80.6 Å². The SMILES string of the molecule is Cc1c(C#N)ccc(S(=O)(=O)[O-])c1C.Cc1ccc(S(=O)(=O)[O-])c(C)c1C.[Na+].[Na+]. The van der Waals surface area contributed by atoms with Crippen LogP contribution < -0.4 is 59.1 Å². The summed E-state index contributed by atoms with van der Waals surface area (Å²) >= 11 is 0. The Labute approximate surface area is 216 Å². The Morgan fingerprint density at radius 2 is 1.07 bits per heavy atom. The Morgan fingerprint density at radius 3 is 1.45 bits per heavy atom. The van der Waals surface area contributed by atoms with E-state index in [1.54, 1.807) is 26.8 Å². The molecular weight excluding hydrogens is 436 g/mol. The van der Waals surface area contributed by atoms with Gasteiger partial charge in [0.15, 0.2) is 0 Å². The van der Waals surface area contributed by atoms with Gasteiger partial charge in [0, 0.05) is 0 Å². The van der Waals surface area contributed by atoms with Crippen LogP contribution in [0.2, 0.25) is 0 Å². The van der Waals surface area contributed by atoms with E-state index in [-0.39, 0.29) is 68.9 Å². The van der Waals surface area contributed by atoms with E-state index in [1.165, 1.54) is 25.1 Å². The van der Waals surface area contributed by atoms with Gasteiger partial charge in [-0.1, -0.05) is 6.07 Å². The summed E-state index contributed by atoms with van der Waals surface area (Å²) in [4.78, 5) is -0.371. The number of nitriles is 1. The maximum absolute atomic E-state index is 10.8. The molecule has 11 heteroatoms. The van der Waals surface area contributed by atoms with E-state index in [1.807, 2.05) is 13.0 Å².